The van der Waals surface area contributed by atoms with Crippen LogP contribution in [0.5, 0.6) is 0 Å². The summed E-state index contributed by atoms with van der Waals surface area (Å²) in [5.74, 6) is 0. The van der Waals surface area contributed by atoms with Gasteiger partial charge in [0.15, 0.2) is 0 Å². The molecule has 0 atom stereocenters. The second-order valence-corrected chi connectivity index (χ2v) is 3.55. The van der Waals surface area contributed by atoms with Gasteiger partial charge in [0.1, 0.15) is 0 Å². The van der Waals surface area contributed by atoms with Crippen molar-refractivity contribution in [1.29, 1.82) is 0 Å². The lowest BCUT2D eigenvalue weighted by Crippen LogP contribution is -2.57. The molecular formula is C9H20N2O2. The van der Waals surface area contributed by atoms with E-state index in [4.69, 9.17) is 15.2 Å². The molecule has 4 nitrogen and oxygen atoms in total. The first kappa shape index (κ1) is 10.9. The summed E-state index contributed by atoms with van der Waals surface area (Å²) in [6.07, 6.45) is 0. The second kappa shape index (κ2) is 4.91. The van der Waals surface area contributed by atoms with Crippen LogP contribution in [0.15, 0.2) is 0 Å². The van der Waals surface area contributed by atoms with Gasteiger partial charge in [-0.2, -0.15) is 0 Å². The van der Waals surface area contributed by atoms with E-state index in [-0.39, 0.29) is 5.54 Å². The summed E-state index contributed by atoms with van der Waals surface area (Å²) in [5.41, 5.74) is 5.66. The minimum Gasteiger partial charge on any atom is -0.377 e. The number of ether oxygens (including phenoxy) is 2. The second-order valence-electron chi connectivity index (χ2n) is 3.55. The Balaban J connectivity index is 2.64. The summed E-state index contributed by atoms with van der Waals surface area (Å²) in [6.45, 7) is 6.36. The van der Waals surface area contributed by atoms with Gasteiger partial charge in [0.05, 0.1) is 32.0 Å². The standard InChI is InChI=1S/C9H20N2O2/c1-3-11(2)9(6-10)7-12-4-5-13-8-9/h3-8,10H2,1-2H3. The first-order valence-electron chi connectivity index (χ1n) is 4.82. The molecule has 0 aromatic heterocycles. The van der Waals surface area contributed by atoms with Crippen molar-refractivity contribution < 1.29 is 9.47 Å². The van der Waals surface area contributed by atoms with Crippen molar-refractivity contribution >= 4 is 0 Å². The Morgan fingerprint density at radius 1 is 1.31 bits per heavy atom. The van der Waals surface area contributed by atoms with Crippen molar-refractivity contribution in [3.63, 3.8) is 0 Å². The average molecular weight is 188 g/mol. The van der Waals surface area contributed by atoms with Crippen LogP contribution >= 0.6 is 0 Å². The number of hydrogen-bond donors (Lipinski definition) is 1. The van der Waals surface area contributed by atoms with Gasteiger partial charge < -0.3 is 15.2 Å². The van der Waals surface area contributed by atoms with Crippen LogP contribution in [0.2, 0.25) is 0 Å². The molecule has 1 saturated heterocycles. The first-order valence-corrected chi connectivity index (χ1v) is 4.82. The maximum atomic E-state index is 5.78. The largest absolute Gasteiger partial charge is 0.377 e. The van der Waals surface area contributed by atoms with E-state index in [1.165, 1.54) is 0 Å². The first-order chi connectivity index (χ1) is 6.25. The third-order valence-electron chi connectivity index (χ3n) is 2.78. The zero-order valence-corrected chi connectivity index (χ0v) is 8.58. The predicted molar refractivity (Wildman–Crippen MR) is 51.7 cm³/mol. The van der Waals surface area contributed by atoms with Crippen LogP contribution < -0.4 is 5.73 Å². The summed E-state index contributed by atoms with van der Waals surface area (Å²) in [6, 6.07) is 0. The maximum absolute atomic E-state index is 5.78. The van der Waals surface area contributed by atoms with Crippen molar-refractivity contribution in [2.24, 2.45) is 5.73 Å². The van der Waals surface area contributed by atoms with Gasteiger partial charge in [-0.1, -0.05) is 6.92 Å². The van der Waals surface area contributed by atoms with Crippen LogP contribution in [-0.2, 0) is 9.47 Å². The highest BCUT2D eigenvalue weighted by Gasteiger charge is 2.34. The van der Waals surface area contributed by atoms with Gasteiger partial charge in [-0.3, -0.25) is 4.90 Å². The van der Waals surface area contributed by atoms with E-state index in [1.54, 1.807) is 0 Å². The molecule has 0 saturated carbocycles. The fourth-order valence-corrected chi connectivity index (χ4v) is 1.51. The van der Waals surface area contributed by atoms with E-state index in [1.807, 2.05) is 0 Å². The highest BCUT2D eigenvalue weighted by atomic mass is 16.5. The van der Waals surface area contributed by atoms with E-state index < -0.39 is 0 Å². The van der Waals surface area contributed by atoms with Crippen LogP contribution in [0.3, 0.4) is 0 Å². The van der Waals surface area contributed by atoms with Crippen LogP contribution in [0, 0.1) is 0 Å². The van der Waals surface area contributed by atoms with Gasteiger partial charge in [-0.25, -0.2) is 0 Å². The summed E-state index contributed by atoms with van der Waals surface area (Å²) in [4.78, 5) is 2.21. The van der Waals surface area contributed by atoms with E-state index in [9.17, 15) is 0 Å². The van der Waals surface area contributed by atoms with Crippen molar-refractivity contribution in [2.75, 3.05) is 46.6 Å². The minimum atomic E-state index is -0.120. The number of nitrogens with two attached hydrogens (primary N) is 1. The van der Waals surface area contributed by atoms with Gasteiger partial charge in [0.2, 0.25) is 0 Å². The molecule has 0 radical (unpaired) electrons. The van der Waals surface area contributed by atoms with Crippen LogP contribution in [-0.4, -0.2) is 57.0 Å². The molecule has 1 aliphatic heterocycles. The lowest BCUT2D eigenvalue weighted by molar-refractivity contribution is 0.00971. The molecular weight excluding hydrogens is 168 g/mol. The summed E-state index contributed by atoms with van der Waals surface area (Å²) in [7, 11) is 2.06. The molecule has 78 valence electrons. The Morgan fingerprint density at radius 2 is 1.85 bits per heavy atom. The van der Waals surface area contributed by atoms with Gasteiger partial charge in [-0.15, -0.1) is 0 Å². The third kappa shape index (κ3) is 2.40. The molecule has 1 aliphatic rings. The minimum absolute atomic E-state index is 0.120. The van der Waals surface area contributed by atoms with E-state index in [0.717, 1.165) is 6.54 Å². The third-order valence-corrected chi connectivity index (χ3v) is 2.78. The molecule has 0 bridgehead atoms. The van der Waals surface area contributed by atoms with Gasteiger partial charge in [0.25, 0.3) is 0 Å². The van der Waals surface area contributed by atoms with E-state index in [2.05, 4.69) is 18.9 Å². The zero-order valence-electron chi connectivity index (χ0n) is 8.58. The van der Waals surface area contributed by atoms with Gasteiger partial charge >= 0.3 is 0 Å². The Morgan fingerprint density at radius 3 is 2.23 bits per heavy atom. The Bertz CT molecular complexity index is 145. The average Bonchev–Trinajstić information content (AvgIpc) is 2.42. The summed E-state index contributed by atoms with van der Waals surface area (Å²) in [5, 5.41) is 0. The lowest BCUT2D eigenvalue weighted by Gasteiger charge is -2.38. The quantitative estimate of drug-likeness (QED) is 0.659. The number of rotatable bonds is 3. The lowest BCUT2D eigenvalue weighted by atomic mass is 10.0. The van der Waals surface area contributed by atoms with Crippen molar-refractivity contribution in [3.8, 4) is 0 Å². The Labute approximate surface area is 80.0 Å². The molecule has 1 heterocycles. The number of likely N-dealkylation sites (N-methyl/N-ethyl adjacent to an activating group) is 1. The normalized spacial score (nSPS) is 23.1. The SMILES string of the molecule is CCN(C)C1(CN)COCCOC1. The summed E-state index contributed by atoms with van der Waals surface area (Å²) >= 11 is 0. The van der Waals surface area contributed by atoms with E-state index in [0.29, 0.717) is 33.0 Å². The molecule has 1 rings (SSSR count). The molecule has 0 amide bonds. The fourth-order valence-electron chi connectivity index (χ4n) is 1.51. The highest BCUT2D eigenvalue weighted by molar-refractivity contribution is 4.91. The van der Waals surface area contributed by atoms with Crippen LogP contribution in [0.1, 0.15) is 6.92 Å². The summed E-state index contributed by atoms with van der Waals surface area (Å²) < 4.78 is 11.0. The van der Waals surface area contributed by atoms with Crippen molar-refractivity contribution in [3.05, 3.63) is 0 Å². The maximum Gasteiger partial charge on any atom is 0.0799 e. The molecule has 13 heavy (non-hydrogen) atoms. The molecule has 0 aliphatic carbocycles. The molecule has 4 heteroatoms. The molecule has 0 aromatic rings. The van der Waals surface area contributed by atoms with E-state index >= 15 is 0 Å². The van der Waals surface area contributed by atoms with Crippen molar-refractivity contribution in [2.45, 2.75) is 12.5 Å². The molecule has 2 N–H and O–H groups in total. The smallest absolute Gasteiger partial charge is 0.0799 e. The van der Waals surface area contributed by atoms with Crippen LogP contribution in [0.4, 0.5) is 0 Å². The molecule has 0 unspecified atom stereocenters. The number of nitrogens with zero attached hydrogens (tertiary/aromatic N) is 1. The van der Waals surface area contributed by atoms with Crippen molar-refractivity contribution in [1.82, 2.24) is 4.90 Å². The monoisotopic (exact) mass is 188 g/mol. The van der Waals surface area contributed by atoms with Gasteiger partial charge in [-0.05, 0) is 13.6 Å². The Hall–Kier alpha value is -0.160. The predicted octanol–water partition coefficient (Wildman–Crippen LogP) is -0.318. The molecule has 0 spiro atoms. The highest BCUT2D eigenvalue weighted by Crippen LogP contribution is 2.15. The number of hydrogen-bond acceptors (Lipinski definition) is 4. The fraction of sp³-hybridized carbons (Fsp3) is 1.00. The molecule has 0 aromatic carbocycles. The van der Waals surface area contributed by atoms with Crippen LogP contribution in [0.25, 0.3) is 0 Å². The molecule has 1 fully saturated rings. The zero-order chi connectivity index (χ0) is 9.73. The van der Waals surface area contributed by atoms with Gasteiger partial charge in [0, 0.05) is 6.54 Å². The Kier molecular flexibility index (Phi) is 4.12. The topological polar surface area (TPSA) is 47.7 Å².